The van der Waals surface area contributed by atoms with Gasteiger partial charge in [-0.15, -0.1) is 0 Å². The highest BCUT2D eigenvalue weighted by molar-refractivity contribution is 9.10. The molecule has 0 saturated carbocycles. The molecular formula is C13H23BrN4O. The quantitative estimate of drug-likeness (QED) is 0.839. The Labute approximate surface area is 122 Å². The number of aromatic nitrogens is 2. The Kier molecular flexibility index (Phi) is 6.00. The van der Waals surface area contributed by atoms with Crippen LogP contribution in [-0.4, -0.2) is 22.4 Å². The van der Waals surface area contributed by atoms with Crippen molar-refractivity contribution < 1.29 is 0 Å². The highest BCUT2D eigenvalue weighted by Crippen LogP contribution is 2.19. The van der Waals surface area contributed by atoms with Gasteiger partial charge in [0, 0.05) is 12.6 Å². The van der Waals surface area contributed by atoms with Gasteiger partial charge in [-0.05, 0) is 42.1 Å². The molecule has 19 heavy (non-hydrogen) atoms. The van der Waals surface area contributed by atoms with Crippen LogP contribution in [0.5, 0.6) is 0 Å². The van der Waals surface area contributed by atoms with Crippen LogP contribution in [0.1, 0.15) is 40.2 Å². The fraction of sp³-hybridized carbons (Fsp3) is 0.692. The maximum Gasteiger partial charge on any atom is 0.283 e. The molecule has 1 aromatic rings. The van der Waals surface area contributed by atoms with Crippen molar-refractivity contribution in [3.8, 4) is 0 Å². The van der Waals surface area contributed by atoms with Gasteiger partial charge in [-0.1, -0.05) is 13.8 Å². The minimum absolute atomic E-state index is 0.0406. The van der Waals surface area contributed by atoms with Gasteiger partial charge in [-0.3, -0.25) is 4.79 Å². The van der Waals surface area contributed by atoms with Gasteiger partial charge in [-0.2, -0.15) is 5.10 Å². The molecule has 5 nitrogen and oxygen atoms in total. The summed E-state index contributed by atoms with van der Waals surface area (Å²) in [5, 5.41) is 7.46. The Morgan fingerprint density at radius 1 is 1.42 bits per heavy atom. The molecule has 1 atom stereocenters. The number of anilines is 1. The van der Waals surface area contributed by atoms with E-state index >= 15 is 0 Å². The van der Waals surface area contributed by atoms with Crippen LogP contribution in [-0.2, 0) is 0 Å². The predicted molar refractivity (Wildman–Crippen MR) is 82.5 cm³/mol. The number of halogens is 1. The third-order valence-electron chi connectivity index (χ3n) is 2.83. The third kappa shape index (κ3) is 4.31. The highest BCUT2D eigenvalue weighted by Gasteiger charge is 2.14. The van der Waals surface area contributed by atoms with Gasteiger partial charge in [0.1, 0.15) is 4.47 Å². The molecule has 0 amide bonds. The number of nitrogens with zero attached hydrogens (tertiary/aromatic N) is 2. The summed E-state index contributed by atoms with van der Waals surface area (Å²) in [7, 11) is 0. The van der Waals surface area contributed by atoms with Gasteiger partial charge in [0.2, 0.25) is 0 Å². The molecule has 0 bridgehead atoms. The van der Waals surface area contributed by atoms with E-state index < -0.39 is 0 Å². The Hall–Kier alpha value is -0.880. The Morgan fingerprint density at radius 2 is 2.05 bits per heavy atom. The maximum absolute atomic E-state index is 12.1. The summed E-state index contributed by atoms with van der Waals surface area (Å²) in [4.78, 5) is 12.1. The second kappa shape index (κ2) is 7.05. The van der Waals surface area contributed by atoms with Gasteiger partial charge in [0.15, 0.2) is 0 Å². The monoisotopic (exact) mass is 330 g/mol. The lowest BCUT2D eigenvalue weighted by Crippen LogP contribution is -2.32. The van der Waals surface area contributed by atoms with Crippen LogP contribution >= 0.6 is 15.9 Å². The van der Waals surface area contributed by atoms with Gasteiger partial charge in [-0.25, -0.2) is 4.68 Å². The highest BCUT2D eigenvalue weighted by atomic mass is 79.9. The van der Waals surface area contributed by atoms with Crippen LogP contribution in [0.25, 0.3) is 0 Å². The van der Waals surface area contributed by atoms with E-state index in [1.807, 2.05) is 13.8 Å². The summed E-state index contributed by atoms with van der Waals surface area (Å²) < 4.78 is 1.97. The van der Waals surface area contributed by atoms with Gasteiger partial charge >= 0.3 is 0 Å². The average Bonchev–Trinajstić information content (AvgIpc) is 2.33. The van der Waals surface area contributed by atoms with Crippen LogP contribution in [0.3, 0.4) is 0 Å². The van der Waals surface area contributed by atoms with Crippen molar-refractivity contribution in [2.24, 2.45) is 11.7 Å². The summed E-state index contributed by atoms with van der Waals surface area (Å²) >= 11 is 3.35. The van der Waals surface area contributed by atoms with Crippen LogP contribution in [0.15, 0.2) is 15.5 Å². The lowest BCUT2D eigenvalue weighted by atomic mass is 10.0. The summed E-state index contributed by atoms with van der Waals surface area (Å²) in [6, 6.07) is 0.186. The molecule has 1 rings (SSSR count). The second-order valence-electron chi connectivity index (χ2n) is 5.42. The number of rotatable bonds is 6. The SMILES string of the molecule is CC(C)CC(CN)Nc1cnn(C(C)C)c(=O)c1Br. The normalized spacial score (nSPS) is 13.1. The van der Waals surface area contributed by atoms with E-state index in [9.17, 15) is 4.79 Å². The van der Waals surface area contributed by atoms with Crippen molar-refractivity contribution in [1.29, 1.82) is 0 Å². The summed E-state index contributed by atoms with van der Waals surface area (Å²) in [6.07, 6.45) is 2.63. The minimum Gasteiger partial charge on any atom is -0.379 e. The number of hydrogen-bond acceptors (Lipinski definition) is 4. The molecule has 1 heterocycles. The van der Waals surface area contributed by atoms with Crippen LogP contribution in [0.2, 0.25) is 0 Å². The summed E-state index contributed by atoms with van der Waals surface area (Å²) in [5.74, 6) is 0.545. The zero-order valence-electron chi connectivity index (χ0n) is 12.0. The first-order valence-corrected chi connectivity index (χ1v) is 7.40. The van der Waals surface area contributed by atoms with Gasteiger partial charge in [0.25, 0.3) is 5.56 Å². The molecule has 0 radical (unpaired) electrons. The van der Waals surface area contributed by atoms with E-state index in [-0.39, 0.29) is 17.6 Å². The van der Waals surface area contributed by atoms with Crippen LogP contribution in [0, 0.1) is 5.92 Å². The van der Waals surface area contributed by atoms with Crippen molar-refractivity contribution in [3.05, 3.63) is 21.0 Å². The van der Waals surface area contributed by atoms with E-state index in [2.05, 4.69) is 40.2 Å². The lowest BCUT2D eigenvalue weighted by Gasteiger charge is -2.21. The zero-order chi connectivity index (χ0) is 14.6. The predicted octanol–water partition coefficient (Wildman–Crippen LogP) is 2.37. The molecule has 1 unspecified atom stereocenters. The van der Waals surface area contributed by atoms with Crippen LogP contribution < -0.4 is 16.6 Å². The first-order chi connectivity index (χ1) is 8.86. The van der Waals surface area contributed by atoms with Crippen molar-refractivity contribution in [2.75, 3.05) is 11.9 Å². The van der Waals surface area contributed by atoms with E-state index in [4.69, 9.17) is 5.73 Å². The molecular weight excluding hydrogens is 308 g/mol. The molecule has 0 spiro atoms. The third-order valence-corrected chi connectivity index (χ3v) is 3.60. The Morgan fingerprint density at radius 3 is 2.53 bits per heavy atom. The number of hydrogen-bond donors (Lipinski definition) is 2. The van der Waals surface area contributed by atoms with E-state index in [1.165, 1.54) is 4.68 Å². The van der Waals surface area contributed by atoms with E-state index in [0.717, 1.165) is 6.42 Å². The molecule has 0 aliphatic rings. The van der Waals surface area contributed by atoms with Crippen LogP contribution in [0.4, 0.5) is 5.69 Å². The fourth-order valence-corrected chi connectivity index (χ4v) is 2.31. The molecule has 1 aromatic heterocycles. The molecule has 3 N–H and O–H groups in total. The van der Waals surface area contributed by atoms with Crippen molar-refractivity contribution in [3.63, 3.8) is 0 Å². The number of nitrogens with two attached hydrogens (primary N) is 1. The largest absolute Gasteiger partial charge is 0.379 e. The van der Waals surface area contributed by atoms with Crippen molar-refractivity contribution in [1.82, 2.24) is 9.78 Å². The van der Waals surface area contributed by atoms with Gasteiger partial charge < -0.3 is 11.1 Å². The topological polar surface area (TPSA) is 72.9 Å². The molecule has 0 aliphatic carbocycles. The zero-order valence-corrected chi connectivity index (χ0v) is 13.6. The Balaban J connectivity index is 2.96. The van der Waals surface area contributed by atoms with E-state index in [1.54, 1.807) is 6.20 Å². The smallest absolute Gasteiger partial charge is 0.283 e. The number of nitrogens with one attached hydrogen (secondary N) is 1. The maximum atomic E-state index is 12.1. The molecule has 0 fully saturated rings. The van der Waals surface area contributed by atoms with E-state index in [0.29, 0.717) is 22.6 Å². The summed E-state index contributed by atoms with van der Waals surface area (Å²) in [6.45, 7) is 8.67. The average molecular weight is 331 g/mol. The molecule has 0 aliphatic heterocycles. The summed E-state index contributed by atoms with van der Waals surface area (Å²) in [5.41, 5.74) is 6.34. The molecule has 108 valence electrons. The van der Waals surface area contributed by atoms with Gasteiger partial charge in [0.05, 0.1) is 17.9 Å². The fourth-order valence-electron chi connectivity index (χ4n) is 1.92. The molecule has 6 heteroatoms. The Bertz CT molecular complexity index is 470. The first kappa shape index (κ1) is 16.2. The minimum atomic E-state index is -0.125. The molecule has 0 saturated heterocycles. The first-order valence-electron chi connectivity index (χ1n) is 6.60. The molecule has 0 aromatic carbocycles. The standard InChI is InChI=1S/C13H23BrN4O/c1-8(2)5-10(6-15)17-11-7-16-18(9(3)4)13(19)12(11)14/h7-10,17H,5-6,15H2,1-4H3. The lowest BCUT2D eigenvalue weighted by molar-refractivity contribution is 0.498. The second-order valence-corrected chi connectivity index (χ2v) is 6.22. The van der Waals surface area contributed by atoms with Crippen molar-refractivity contribution in [2.45, 2.75) is 46.2 Å². The van der Waals surface area contributed by atoms with Crippen molar-refractivity contribution >= 4 is 21.6 Å².